The van der Waals surface area contributed by atoms with E-state index in [1.807, 2.05) is 55.5 Å². The number of aryl methyl sites for hydroxylation is 2. The Kier molecular flexibility index (Phi) is 9.46. The summed E-state index contributed by atoms with van der Waals surface area (Å²) in [5.41, 5.74) is 5.06. The summed E-state index contributed by atoms with van der Waals surface area (Å²) in [6, 6.07) is 23.1. The van der Waals surface area contributed by atoms with E-state index in [4.69, 9.17) is 0 Å². The zero-order chi connectivity index (χ0) is 28.5. The van der Waals surface area contributed by atoms with E-state index in [0.717, 1.165) is 27.9 Å². The highest BCUT2D eigenvalue weighted by molar-refractivity contribution is 5.98. The molecule has 0 aliphatic carbocycles. The van der Waals surface area contributed by atoms with Gasteiger partial charge in [-0.05, 0) is 71.0 Å². The summed E-state index contributed by atoms with van der Waals surface area (Å²) in [6.07, 6.45) is 2.28. The zero-order valence-electron chi connectivity index (χ0n) is 22.7. The minimum absolute atomic E-state index is 0.227. The van der Waals surface area contributed by atoms with Gasteiger partial charge in [0.1, 0.15) is 5.82 Å². The number of aliphatic carboxylic acids is 1. The van der Waals surface area contributed by atoms with Gasteiger partial charge < -0.3 is 21.1 Å². The second kappa shape index (κ2) is 13.4. The van der Waals surface area contributed by atoms with Gasteiger partial charge in [-0.3, -0.25) is 14.4 Å². The number of anilines is 1. The molecule has 2 amide bonds. The van der Waals surface area contributed by atoms with E-state index in [2.05, 4.69) is 52.1 Å². The summed E-state index contributed by atoms with van der Waals surface area (Å²) in [4.78, 5) is 40.5. The second-order valence-corrected chi connectivity index (χ2v) is 9.84. The van der Waals surface area contributed by atoms with Gasteiger partial charge in [-0.1, -0.05) is 60.7 Å². The lowest BCUT2D eigenvalue weighted by Gasteiger charge is -2.18. The van der Waals surface area contributed by atoms with Gasteiger partial charge in [0.15, 0.2) is 0 Å². The number of carboxylic acids is 1. The number of aromatic nitrogens is 1. The summed E-state index contributed by atoms with van der Waals surface area (Å²) < 4.78 is 0. The van der Waals surface area contributed by atoms with Crippen molar-refractivity contribution in [2.45, 2.75) is 39.2 Å². The molecule has 0 saturated heterocycles. The van der Waals surface area contributed by atoms with E-state index in [0.29, 0.717) is 18.5 Å². The molecule has 40 heavy (non-hydrogen) atoms. The Balaban J connectivity index is 1.32. The van der Waals surface area contributed by atoms with Crippen LogP contribution in [0.2, 0.25) is 0 Å². The third kappa shape index (κ3) is 7.66. The maximum Gasteiger partial charge on any atom is 0.305 e. The fourth-order valence-electron chi connectivity index (χ4n) is 4.63. The first-order valence-corrected chi connectivity index (χ1v) is 13.3. The molecule has 4 N–H and O–H groups in total. The molecular formula is C32H34N4O4. The number of rotatable bonds is 12. The normalized spacial score (nSPS) is 11.6. The molecule has 4 aromatic rings. The first kappa shape index (κ1) is 28.3. The molecule has 4 rings (SSSR count). The second-order valence-electron chi connectivity index (χ2n) is 9.84. The van der Waals surface area contributed by atoms with Gasteiger partial charge in [-0.2, -0.15) is 0 Å². The Labute approximate surface area is 233 Å². The van der Waals surface area contributed by atoms with Crippen molar-refractivity contribution in [2.24, 2.45) is 0 Å². The van der Waals surface area contributed by atoms with Crippen LogP contribution in [-0.2, 0) is 14.4 Å². The number of carbonyl (C=O) groups excluding carboxylic acids is 2. The molecule has 0 saturated carbocycles. The van der Waals surface area contributed by atoms with Crippen LogP contribution in [0.25, 0.3) is 21.9 Å². The molecule has 1 aromatic heterocycles. The third-order valence-corrected chi connectivity index (χ3v) is 6.73. The molecule has 0 fully saturated rings. The Morgan fingerprint density at radius 2 is 1.65 bits per heavy atom. The molecule has 3 aromatic carbocycles. The van der Waals surface area contributed by atoms with Crippen LogP contribution < -0.4 is 16.0 Å². The first-order valence-electron chi connectivity index (χ1n) is 13.3. The van der Waals surface area contributed by atoms with Crippen molar-refractivity contribution in [2.75, 3.05) is 18.4 Å². The molecule has 0 bridgehead atoms. The Morgan fingerprint density at radius 3 is 2.38 bits per heavy atom. The van der Waals surface area contributed by atoms with Gasteiger partial charge in [0.2, 0.25) is 11.8 Å². The number of benzene rings is 3. The number of nitrogens with one attached hydrogen (secondary N) is 3. The molecule has 8 heteroatoms. The Morgan fingerprint density at radius 1 is 0.900 bits per heavy atom. The molecule has 0 radical (unpaired) electrons. The number of hydrogen-bond donors (Lipinski definition) is 4. The molecule has 206 valence electrons. The van der Waals surface area contributed by atoms with Gasteiger partial charge in [0, 0.05) is 19.2 Å². The summed E-state index contributed by atoms with van der Waals surface area (Å²) in [5, 5.41) is 20.3. The van der Waals surface area contributed by atoms with E-state index in [-0.39, 0.29) is 25.3 Å². The molecule has 8 nitrogen and oxygen atoms in total. The fraction of sp³-hybridized carbons (Fsp3) is 0.250. The minimum Gasteiger partial charge on any atom is -0.481 e. The van der Waals surface area contributed by atoms with E-state index >= 15 is 0 Å². The number of hydrogen-bond acceptors (Lipinski definition) is 5. The average molecular weight is 539 g/mol. The number of pyridine rings is 1. The van der Waals surface area contributed by atoms with E-state index in [1.165, 1.54) is 10.9 Å². The lowest BCUT2D eigenvalue weighted by atomic mass is 9.94. The van der Waals surface area contributed by atoms with Crippen LogP contribution in [-0.4, -0.2) is 41.0 Å². The zero-order valence-corrected chi connectivity index (χ0v) is 22.7. The minimum atomic E-state index is -1.03. The van der Waals surface area contributed by atoms with Crippen LogP contribution in [0.15, 0.2) is 79.0 Å². The lowest BCUT2D eigenvalue weighted by molar-refractivity contribution is -0.138. The van der Waals surface area contributed by atoms with Crippen LogP contribution in [0.5, 0.6) is 0 Å². The van der Waals surface area contributed by atoms with Crippen molar-refractivity contribution in [1.82, 2.24) is 15.6 Å². The standard InChI is InChI=1S/C32H34N4O4/c1-21-15-17-34-29(18-21)33-16-5-8-30(37)35-20-31(38)36-28(19-32(39)40)24-12-10-23(11-13-24)26-14-9-22(2)25-6-3-4-7-27(25)26/h3-4,6-7,9-15,17-18,28H,5,8,16,19-20H2,1-2H3,(H,33,34)(H,35,37)(H,36,38)(H,39,40)/t28-/m1/s1. The number of carboxylic acid groups (broad SMARTS) is 1. The SMILES string of the molecule is Cc1ccnc(NCCCC(=O)NCC(=O)N[C@H](CC(=O)O)c2ccc(-c3ccc(C)c4ccccc34)cc2)c1. The van der Waals surface area contributed by atoms with Gasteiger partial charge in [-0.15, -0.1) is 0 Å². The monoisotopic (exact) mass is 538 g/mol. The summed E-state index contributed by atoms with van der Waals surface area (Å²) in [5.74, 6) is -0.975. The van der Waals surface area contributed by atoms with Crippen molar-refractivity contribution in [3.63, 3.8) is 0 Å². The number of carbonyl (C=O) groups is 3. The number of amides is 2. The summed E-state index contributed by atoms with van der Waals surface area (Å²) in [7, 11) is 0. The molecule has 1 atom stereocenters. The van der Waals surface area contributed by atoms with Crippen LogP contribution in [0.3, 0.4) is 0 Å². The molecule has 0 aliphatic rings. The lowest BCUT2D eigenvalue weighted by Crippen LogP contribution is -2.39. The van der Waals surface area contributed by atoms with Gasteiger partial charge in [0.25, 0.3) is 0 Å². The number of fused-ring (bicyclic) bond motifs is 1. The highest BCUT2D eigenvalue weighted by Gasteiger charge is 2.19. The molecule has 0 unspecified atom stereocenters. The first-order chi connectivity index (χ1) is 19.3. The van der Waals surface area contributed by atoms with Gasteiger partial charge in [0.05, 0.1) is 19.0 Å². The average Bonchev–Trinajstić information content (AvgIpc) is 2.94. The van der Waals surface area contributed by atoms with Crippen LogP contribution in [0.4, 0.5) is 5.82 Å². The molecular weight excluding hydrogens is 504 g/mol. The topological polar surface area (TPSA) is 120 Å². The van der Waals surface area contributed by atoms with Crippen molar-refractivity contribution in [3.8, 4) is 11.1 Å². The van der Waals surface area contributed by atoms with Crippen LogP contribution in [0, 0.1) is 13.8 Å². The van der Waals surface area contributed by atoms with Crippen molar-refractivity contribution in [1.29, 1.82) is 0 Å². The van der Waals surface area contributed by atoms with E-state index in [9.17, 15) is 19.5 Å². The van der Waals surface area contributed by atoms with E-state index in [1.54, 1.807) is 6.20 Å². The smallest absolute Gasteiger partial charge is 0.305 e. The van der Waals surface area contributed by atoms with Gasteiger partial charge >= 0.3 is 5.97 Å². The maximum absolute atomic E-state index is 12.6. The van der Waals surface area contributed by atoms with Gasteiger partial charge in [-0.25, -0.2) is 4.98 Å². The Hall–Kier alpha value is -4.72. The maximum atomic E-state index is 12.6. The summed E-state index contributed by atoms with van der Waals surface area (Å²) >= 11 is 0. The van der Waals surface area contributed by atoms with Crippen molar-refractivity contribution in [3.05, 3.63) is 95.7 Å². The van der Waals surface area contributed by atoms with Crippen molar-refractivity contribution >= 4 is 34.4 Å². The van der Waals surface area contributed by atoms with Crippen molar-refractivity contribution < 1.29 is 19.5 Å². The molecule has 0 aliphatic heterocycles. The molecule has 0 spiro atoms. The fourth-order valence-corrected chi connectivity index (χ4v) is 4.63. The largest absolute Gasteiger partial charge is 0.481 e. The van der Waals surface area contributed by atoms with E-state index < -0.39 is 17.9 Å². The molecule has 1 heterocycles. The highest BCUT2D eigenvalue weighted by atomic mass is 16.4. The highest BCUT2D eigenvalue weighted by Crippen LogP contribution is 2.31. The Bertz CT molecular complexity index is 1500. The van der Waals surface area contributed by atoms with Crippen LogP contribution >= 0.6 is 0 Å². The summed E-state index contributed by atoms with van der Waals surface area (Å²) in [6.45, 7) is 4.41. The predicted octanol–water partition coefficient (Wildman–Crippen LogP) is 5.16. The quantitative estimate of drug-likeness (QED) is 0.185. The number of nitrogens with zero attached hydrogens (tertiary/aromatic N) is 1. The van der Waals surface area contributed by atoms with Crippen LogP contribution in [0.1, 0.15) is 42.0 Å². The predicted molar refractivity (Wildman–Crippen MR) is 157 cm³/mol. The third-order valence-electron chi connectivity index (χ3n) is 6.73.